The standard InChI is InChI=1S/C22H24N2O5S/c1-11(2)16-13-5-6-14(16)18(22(27)28)17(13)20(26)24-21-15(7-9-30-21)19(25)23-10-12-4-3-8-29-12/h3-4,7-9,13-14,17-18H,5-6,10H2,1-2H3,(H,23,25)(H,24,26)(H,27,28)/t13-,14+,17+,18-/m0/s1. The van der Waals surface area contributed by atoms with Gasteiger partial charge in [0.1, 0.15) is 10.8 Å². The molecule has 0 aliphatic heterocycles. The van der Waals surface area contributed by atoms with E-state index < -0.39 is 17.8 Å². The highest BCUT2D eigenvalue weighted by molar-refractivity contribution is 7.14. The molecule has 2 heterocycles. The van der Waals surface area contributed by atoms with Crippen LogP contribution in [0.5, 0.6) is 0 Å². The largest absolute Gasteiger partial charge is 0.481 e. The van der Waals surface area contributed by atoms with Crippen LogP contribution in [0.4, 0.5) is 5.00 Å². The van der Waals surface area contributed by atoms with E-state index in [2.05, 4.69) is 10.6 Å². The predicted molar refractivity (Wildman–Crippen MR) is 112 cm³/mol. The van der Waals surface area contributed by atoms with E-state index in [-0.39, 0.29) is 30.2 Å². The normalized spacial score (nSPS) is 24.7. The van der Waals surface area contributed by atoms with Gasteiger partial charge < -0.3 is 20.2 Å². The van der Waals surface area contributed by atoms with Crippen LogP contribution in [0.3, 0.4) is 0 Å². The second-order valence-electron chi connectivity index (χ2n) is 8.05. The minimum absolute atomic E-state index is 0.0442. The lowest BCUT2D eigenvalue weighted by Gasteiger charge is -2.26. The van der Waals surface area contributed by atoms with E-state index in [1.807, 2.05) is 13.8 Å². The summed E-state index contributed by atoms with van der Waals surface area (Å²) in [6.45, 7) is 4.22. The minimum Gasteiger partial charge on any atom is -0.481 e. The number of carbonyl (C=O) groups excluding carboxylic acids is 2. The summed E-state index contributed by atoms with van der Waals surface area (Å²) in [5, 5.41) is 17.6. The number of aliphatic carboxylic acids is 1. The number of amides is 2. The molecule has 0 aromatic carbocycles. The number of carbonyl (C=O) groups is 3. The van der Waals surface area contributed by atoms with E-state index in [4.69, 9.17) is 4.42 Å². The van der Waals surface area contributed by atoms with Crippen LogP contribution in [0, 0.1) is 23.7 Å². The zero-order valence-corrected chi connectivity index (χ0v) is 17.6. The lowest BCUT2D eigenvalue weighted by atomic mass is 9.79. The molecule has 2 saturated carbocycles. The van der Waals surface area contributed by atoms with Crippen molar-refractivity contribution in [2.75, 3.05) is 5.32 Å². The summed E-state index contributed by atoms with van der Waals surface area (Å²) < 4.78 is 5.21. The van der Waals surface area contributed by atoms with Crippen molar-refractivity contribution in [1.82, 2.24) is 5.32 Å². The molecule has 2 aromatic rings. The lowest BCUT2D eigenvalue weighted by Crippen LogP contribution is -2.38. The number of allylic oxidation sites excluding steroid dienone is 2. The smallest absolute Gasteiger partial charge is 0.307 e. The van der Waals surface area contributed by atoms with Gasteiger partial charge in [-0.3, -0.25) is 14.4 Å². The molecule has 0 saturated heterocycles. The van der Waals surface area contributed by atoms with Crippen LogP contribution in [-0.4, -0.2) is 22.9 Å². The first kappa shape index (κ1) is 20.4. The minimum atomic E-state index is -0.927. The first-order valence-electron chi connectivity index (χ1n) is 9.97. The molecule has 0 unspecified atom stereocenters. The van der Waals surface area contributed by atoms with Crippen molar-refractivity contribution in [3.63, 3.8) is 0 Å². The Kier molecular flexibility index (Phi) is 5.51. The van der Waals surface area contributed by atoms with Crippen molar-refractivity contribution in [3.8, 4) is 0 Å². The van der Waals surface area contributed by atoms with Crippen LogP contribution in [0.1, 0.15) is 42.8 Å². The Hall–Kier alpha value is -2.87. The Morgan fingerprint density at radius 2 is 1.90 bits per heavy atom. The highest BCUT2D eigenvalue weighted by atomic mass is 32.1. The molecule has 158 valence electrons. The molecule has 2 aliphatic carbocycles. The summed E-state index contributed by atoms with van der Waals surface area (Å²) >= 11 is 1.25. The summed E-state index contributed by atoms with van der Waals surface area (Å²) in [5.74, 6) is -2.40. The van der Waals surface area contributed by atoms with Gasteiger partial charge in [0.2, 0.25) is 5.91 Å². The van der Waals surface area contributed by atoms with Crippen LogP contribution in [0.2, 0.25) is 0 Å². The van der Waals surface area contributed by atoms with Gasteiger partial charge in [0, 0.05) is 0 Å². The number of hydrogen-bond donors (Lipinski definition) is 3. The van der Waals surface area contributed by atoms with Crippen LogP contribution < -0.4 is 10.6 Å². The third-order valence-electron chi connectivity index (χ3n) is 6.16. The molecular formula is C22H24N2O5S. The lowest BCUT2D eigenvalue weighted by molar-refractivity contribution is -0.148. The van der Waals surface area contributed by atoms with Crippen LogP contribution in [-0.2, 0) is 16.1 Å². The molecule has 30 heavy (non-hydrogen) atoms. The van der Waals surface area contributed by atoms with E-state index in [0.29, 0.717) is 16.3 Å². The SMILES string of the molecule is CC(C)=C1[C@H]2CC[C@@H]1[C@@H](C(=O)Nc1sccc1C(=O)NCc1ccco1)[C@H]2C(=O)O. The first-order chi connectivity index (χ1) is 14.4. The number of carboxylic acids is 1. The maximum atomic E-state index is 13.2. The van der Waals surface area contributed by atoms with E-state index in [1.54, 1.807) is 23.6 Å². The molecule has 2 fully saturated rings. The summed E-state index contributed by atoms with van der Waals surface area (Å²) in [6.07, 6.45) is 3.17. The molecule has 4 atom stereocenters. The van der Waals surface area contributed by atoms with Gasteiger partial charge in [0.05, 0.1) is 30.2 Å². The van der Waals surface area contributed by atoms with Gasteiger partial charge in [-0.15, -0.1) is 11.3 Å². The van der Waals surface area contributed by atoms with Crippen molar-refractivity contribution in [3.05, 3.63) is 52.3 Å². The van der Waals surface area contributed by atoms with Gasteiger partial charge in [-0.1, -0.05) is 11.1 Å². The number of thiophene rings is 1. The molecule has 0 spiro atoms. The highest BCUT2D eigenvalue weighted by Crippen LogP contribution is 2.57. The number of fused-ring (bicyclic) bond motifs is 2. The molecule has 3 N–H and O–H groups in total. The fraction of sp³-hybridized carbons (Fsp3) is 0.409. The number of furan rings is 1. The number of hydrogen-bond acceptors (Lipinski definition) is 5. The van der Waals surface area contributed by atoms with Gasteiger partial charge in [0.15, 0.2) is 0 Å². The number of rotatable bonds is 6. The summed E-state index contributed by atoms with van der Waals surface area (Å²) in [4.78, 5) is 37.7. The van der Waals surface area contributed by atoms with E-state index in [1.165, 1.54) is 17.6 Å². The molecule has 7 nitrogen and oxygen atoms in total. The van der Waals surface area contributed by atoms with Gasteiger partial charge in [-0.2, -0.15) is 0 Å². The van der Waals surface area contributed by atoms with Gasteiger partial charge in [-0.05, 0) is 62.1 Å². The third kappa shape index (κ3) is 3.56. The Labute approximate surface area is 178 Å². The molecule has 4 rings (SSSR count). The maximum absolute atomic E-state index is 13.2. The Bertz CT molecular complexity index is 1000. The number of carboxylic acid groups (broad SMARTS) is 1. The molecular weight excluding hydrogens is 404 g/mol. The van der Waals surface area contributed by atoms with Gasteiger partial charge in [0.25, 0.3) is 5.91 Å². The second-order valence-corrected chi connectivity index (χ2v) is 8.97. The molecule has 2 aromatic heterocycles. The van der Waals surface area contributed by atoms with Crippen LogP contribution >= 0.6 is 11.3 Å². The Morgan fingerprint density at radius 3 is 2.53 bits per heavy atom. The quantitative estimate of drug-likeness (QED) is 0.605. The maximum Gasteiger partial charge on any atom is 0.307 e. The average Bonchev–Trinajstić information content (AvgIpc) is 3.48. The topological polar surface area (TPSA) is 109 Å². The summed E-state index contributed by atoms with van der Waals surface area (Å²) in [7, 11) is 0. The van der Waals surface area contributed by atoms with E-state index in [9.17, 15) is 19.5 Å². The third-order valence-corrected chi connectivity index (χ3v) is 6.99. The molecule has 2 amide bonds. The van der Waals surface area contributed by atoms with Gasteiger partial charge in [-0.25, -0.2) is 0 Å². The Morgan fingerprint density at radius 1 is 1.17 bits per heavy atom. The highest BCUT2D eigenvalue weighted by Gasteiger charge is 2.57. The predicted octanol–water partition coefficient (Wildman–Crippen LogP) is 3.90. The zero-order valence-electron chi connectivity index (χ0n) is 16.8. The van der Waals surface area contributed by atoms with Crippen molar-refractivity contribution in [2.45, 2.75) is 33.2 Å². The first-order valence-corrected chi connectivity index (χ1v) is 10.9. The average molecular weight is 429 g/mol. The summed E-state index contributed by atoms with van der Waals surface area (Å²) in [6, 6.07) is 5.15. The van der Waals surface area contributed by atoms with Crippen molar-refractivity contribution in [2.24, 2.45) is 23.7 Å². The van der Waals surface area contributed by atoms with E-state index in [0.717, 1.165) is 24.0 Å². The fourth-order valence-corrected chi connectivity index (χ4v) is 5.85. The zero-order chi connectivity index (χ0) is 21.4. The van der Waals surface area contributed by atoms with E-state index >= 15 is 0 Å². The van der Waals surface area contributed by atoms with Crippen LogP contribution in [0.15, 0.2) is 45.4 Å². The Balaban J connectivity index is 1.51. The molecule has 2 aliphatic rings. The molecule has 0 radical (unpaired) electrons. The van der Waals surface area contributed by atoms with Crippen molar-refractivity contribution < 1.29 is 23.9 Å². The molecule has 8 heteroatoms. The monoisotopic (exact) mass is 428 g/mol. The number of anilines is 1. The number of nitrogens with one attached hydrogen (secondary N) is 2. The second kappa shape index (κ2) is 8.10. The van der Waals surface area contributed by atoms with Crippen molar-refractivity contribution in [1.29, 1.82) is 0 Å². The summed E-state index contributed by atoms with van der Waals surface area (Å²) in [5.41, 5.74) is 2.60. The molecule has 2 bridgehead atoms. The van der Waals surface area contributed by atoms with Gasteiger partial charge >= 0.3 is 5.97 Å². The fourth-order valence-electron chi connectivity index (χ4n) is 5.06. The van der Waals surface area contributed by atoms with Crippen molar-refractivity contribution >= 4 is 34.1 Å². The van der Waals surface area contributed by atoms with Crippen LogP contribution in [0.25, 0.3) is 0 Å².